The minimum atomic E-state index is -0.218. The van der Waals surface area contributed by atoms with E-state index in [1.54, 1.807) is 25.3 Å². The minimum Gasteiger partial charge on any atom is -0.496 e. The average molecular weight is 432 g/mol. The predicted molar refractivity (Wildman–Crippen MR) is 102 cm³/mol. The van der Waals surface area contributed by atoms with Crippen molar-refractivity contribution in [2.45, 2.75) is 13.0 Å². The lowest BCUT2D eigenvalue weighted by atomic mass is 10.1. The van der Waals surface area contributed by atoms with Gasteiger partial charge in [0.25, 0.3) is 0 Å². The molecule has 1 amide bonds. The Hall–Kier alpha value is -1.27. The smallest absolute Gasteiger partial charge is 0.238 e. The van der Waals surface area contributed by atoms with Crippen LogP contribution in [0.2, 0.25) is 10.0 Å². The van der Waals surface area contributed by atoms with Crippen LogP contribution in [0, 0.1) is 0 Å². The molecule has 0 radical (unpaired) electrons. The fraction of sp³-hybridized carbons (Fsp3) is 0.235. The first-order valence-corrected chi connectivity index (χ1v) is 8.78. The van der Waals surface area contributed by atoms with Crippen LogP contribution in [0.4, 0.5) is 5.69 Å². The number of rotatable bonds is 6. The van der Waals surface area contributed by atoms with Crippen LogP contribution in [0.25, 0.3) is 0 Å². The van der Waals surface area contributed by atoms with E-state index in [2.05, 4.69) is 26.6 Å². The highest BCUT2D eigenvalue weighted by atomic mass is 79.9. The number of anilines is 1. The van der Waals surface area contributed by atoms with Gasteiger partial charge in [-0.1, -0.05) is 35.3 Å². The van der Waals surface area contributed by atoms with Crippen molar-refractivity contribution < 1.29 is 9.53 Å². The van der Waals surface area contributed by atoms with Crippen LogP contribution in [0.15, 0.2) is 40.9 Å². The van der Waals surface area contributed by atoms with Crippen LogP contribution in [0.5, 0.6) is 5.75 Å². The standard InChI is InChI=1S/C17H17BrCl2N2O2/c1-10(11-6-7-15(24-2)12(18)8-11)21-9-16(23)22-17-13(19)4-3-5-14(17)20/h3-8,10,21H,9H2,1-2H3,(H,22,23). The van der Waals surface area contributed by atoms with Crippen molar-refractivity contribution in [3.63, 3.8) is 0 Å². The van der Waals surface area contributed by atoms with Crippen LogP contribution in [0.1, 0.15) is 18.5 Å². The van der Waals surface area contributed by atoms with E-state index in [0.29, 0.717) is 15.7 Å². The van der Waals surface area contributed by atoms with Crippen molar-refractivity contribution in [1.82, 2.24) is 5.32 Å². The number of methoxy groups -OCH3 is 1. The Kier molecular flexibility index (Phi) is 6.92. The van der Waals surface area contributed by atoms with Gasteiger partial charge in [-0.15, -0.1) is 0 Å². The van der Waals surface area contributed by atoms with Gasteiger partial charge in [0.05, 0.1) is 33.9 Å². The molecule has 2 N–H and O–H groups in total. The Morgan fingerprint density at radius 3 is 2.50 bits per heavy atom. The number of ether oxygens (including phenoxy) is 1. The summed E-state index contributed by atoms with van der Waals surface area (Å²) in [5.74, 6) is 0.543. The normalized spacial score (nSPS) is 11.9. The molecule has 0 aromatic heterocycles. The Morgan fingerprint density at radius 2 is 1.92 bits per heavy atom. The molecule has 0 aliphatic rings. The first-order chi connectivity index (χ1) is 11.4. The van der Waals surface area contributed by atoms with Crippen molar-refractivity contribution in [2.24, 2.45) is 0 Å². The number of amides is 1. The van der Waals surface area contributed by atoms with Crippen LogP contribution >= 0.6 is 39.1 Å². The van der Waals surface area contributed by atoms with Gasteiger partial charge in [-0.25, -0.2) is 0 Å². The van der Waals surface area contributed by atoms with Gasteiger partial charge in [0.15, 0.2) is 0 Å². The van der Waals surface area contributed by atoms with E-state index >= 15 is 0 Å². The Labute approximate surface area is 159 Å². The molecule has 0 heterocycles. The molecule has 1 atom stereocenters. The summed E-state index contributed by atoms with van der Waals surface area (Å²) in [4.78, 5) is 12.1. The molecule has 7 heteroatoms. The molecule has 2 rings (SSSR count). The van der Waals surface area contributed by atoms with Gasteiger partial charge in [0, 0.05) is 6.04 Å². The summed E-state index contributed by atoms with van der Waals surface area (Å²) in [6, 6.07) is 10.8. The van der Waals surface area contributed by atoms with Gasteiger partial charge in [0.1, 0.15) is 5.75 Å². The van der Waals surface area contributed by atoms with Gasteiger partial charge in [-0.2, -0.15) is 0 Å². The highest BCUT2D eigenvalue weighted by Gasteiger charge is 2.12. The number of para-hydroxylation sites is 1. The molecule has 24 heavy (non-hydrogen) atoms. The number of benzene rings is 2. The molecule has 128 valence electrons. The lowest BCUT2D eigenvalue weighted by Gasteiger charge is -2.16. The lowest BCUT2D eigenvalue weighted by molar-refractivity contribution is -0.115. The van der Waals surface area contributed by atoms with E-state index in [0.717, 1.165) is 15.8 Å². The molecular formula is C17H17BrCl2N2O2. The van der Waals surface area contributed by atoms with Crippen LogP contribution in [0.3, 0.4) is 0 Å². The van der Waals surface area contributed by atoms with Crippen molar-refractivity contribution in [3.8, 4) is 5.75 Å². The quantitative estimate of drug-likeness (QED) is 0.672. The first kappa shape index (κ1) is 19.1. The van der Waals surface area contributed by atoms with E-state index in [1.165, 1.54) is 0 Å². The summed E-state index contributed by atoms with van der Waals surface area (Å²) in [7, 11) is 1.62. The number of carbonyl (C=O) groups is 1. The molecule has 0 spiro atoms. The maximum atomic E-state index is 12.1. The van der Waals surface area contributed by atoms with E-state index in [-0.39, 0.29) is 18.5 Å². The summed E-state index contributed by atoms with van der Waals surface area (Å²) in [6.45, 7) is 2.11. The number of hydrogen-bond donors (Lipinski definition) is 2. The highest BCUT2D eigenvalue weighted by molar-refractivity contribution is 9.10. The second-order valence-corrected chi connectivity index (χ2v) is 6.81. The Balaban J connectivity index is 1.95. The zero-order chi connectivity index (χ0) is 17.7. The van der Waals surface area contributed by atoms with E-state index in [9.17, 15) is 4.79 Å². The highest BCUT2D eigenvalue weighted by Crippen LogP contribution is 2.30. The summed E-state index contributed by atoms with van der Waals surface area (Å²) in [5.41, 5.74) is 1.46. The molecule has 0 bridgehead atoms. The lowest BCUT2D eigenvalue weighted by Crippen LogP contribution is -2.30. The summed E-state index contributed by atoms with van der Waals surface area (Å²) >= 11 is 15.5. The van der Waals surface area contributed by atoms with Crippen LogP contribution in [-0.4, -0.2) is 19.6 Å². The number of hydrogen-bond acceptors (Lipinski definition) is 3. The number of halogens is 3. The van der Waals surface area contributed by atoms with Gasteiger partial charge >= 0.3 is 0 Å². The largest absolute Gasteiger partial charge is 0.496 e. The molecule has 1 unspecified atom stereocenters. The second kappa shape index (κ2) is 8.72. The minimum absolute atomic E-state index is 0.0142. The molecule has 0 saturated carbocycles. The van der Waals surface area contributed by atoms with Gasteiger partial charge in [-0.05, 0) is 52.7 Å². The predicted octanol–water partition coefficient (Wildman–Crippen LogP) is 5.05. The van der Waals surface area contributed by atoms with Crippen molar-refractivity contribution >= 4 is 50.7 Å². The van der Waals surface area contributed by atoms with Crippen molar-refractivity contribution in [3.05, 3.63) is 56.5 Å². The molecule has 0 fully saturated rings. The molecule has 0 saturated heterocycles. The van der Waals surface area contributed by atoms with Crippen molar-refractivity contribution in [2.75, 3.05) is 19.0 Å². The van der Waals surface area contributed by atoms with Gasteiger partial charge in [-0.3, -0.25) is 4.79 Å². The number of nitrogens with one attached hydrogen (secondary N) is 2. The third kappa shape index (κ3) is 4.86. The van der Waals surface area contributed by atoms with E-state index < -0.39 is 0 Å². The first-order valence-electron chi connectivity index (χ1n) is 7.23. The average Bonchev–Trinajstić information content (AvgIpc) is 2.56. The Morgan fingerprint density at radius 1 is 1.25 bits per heavy atom. The van der Waals surface area contributed by atoms with E-state index in [1.807, 2.05) is 25.1 Å². The summed E-state index contributed by atoms with van der Waals surface area (Å²) < 4.78 is 6.07. The SMILES string of the molecule is COc1ccc(C(C)NCC(=O)Nc2c(Cl)cccc2Cl)cc1Br. The summed E-state index contributed by atoms with van der Waals surface area (Å²) in [6.07, 6.45) is 0. The zero-order valence-corrected chi connectivity index (χ0v) is 16.3. The molecule has 0 aliphatic heterocycles. The van der Waals surface area contributed by atoms with Crippen molar-refractivity contribution in [1.29, 1.82) is 0 Å². The van der Waals surface area contributed by atoms with E-state index in [4.69, 9.17) is 27.9 Å². The third-order valence-corrected chi connectivity index (χ3v) is 4.72. The molecular weight excluding hydrogens is 415 g/mol. The van der Waals surface area contributed by atoms with Crippen LogP contribution < -0.4 is 15.4 Å². The van der Waals surface area contributed by atoms with Crippen LogP contribution in [-0.2, 0) is 4.79 Å². The third-order valence-electron chi connectivity index (χ3n) is 3.47. The number of carbonyl (C=O) groups excluding carboxylic acids is 1. The zero-order valence-electron chi connectivity index (χ0n) is 13.2. The molecule has 2 aromatic carbocycles. The monoisotopic (exact) mass is 430 g/mol. The molecule has 0 aliphatic carbocycles. The molecule has 4 nitrogen and oxygen atoms in total. The Bertz CT molecular complexity index is 720. The summed E-state index contributed by atoms with van der Waals surface area (Å²) in [5, 5.41) is 6.69. The van der Waals surface area contributed by atoms with Gasteiger partial charge in [0.2, 0.25) is 5.91 Å². The topological polar surface area (TPSA) is 50.4 Å². The maximum Gasteiger partial charge on any atom is 0.238 e. The fourth-order valence-corrected chi connectivity index (χ4v) is 3.17. The maximum absolute atomic E-state index is 12.1. The fourth-order valence-electron chi connectivity index (χ4n) is 2.12. The van der Waals surface area contributed by atoms with Gasteiger partial charge < -0.3 is 15.4 Å². The second-order valence-electron chi connectivity index (χ2n) is 5.14. The molecule has 2 aromatic rings.